The van der Waals surface area contributed by atoms with E-state index in [9.17, 15) is 26.7 Å². The van der Waals surface area contributed by atoms with Crippen LogP contribution in [-0.2, 0) is 22.8 Å². The smallest absolute Gasteiger partial charge is 0.375 e. The summed E-state index contributed by atoms with van der Waals surface area (Å²) < 4.78 is 73.9. The van der Waals surface area contributed by atoms with Crippen LogP contribution in [0.3, 0.4) is 0 Å². The van der Waals surface area contributed by atoms with Crippen molar-refractivity contribution in [2.75, 3.05) is 23.9 Å². The average Bonchev–Trinajstić information content (AvgIpc) is 3.64. The summed E-state index contributed by atoms with van der Waals surface area (Å²) in [6.45, 7) is -3.17. The molecule has 4 aromatic rings. The number of alkyl halides is 5. The van der Waals surface area contributed by atoms with Crippen molar-refractivity contribution in [1.29, 1.82) is 0 Å². The van der Waals surface area contributed by atoms with Gasteiger partial charge in [-0.05, 0) is 31.7 Å². The van der Waals surface area contributed by atoms with Gasteiger partial charge in [-0.25, -0.2) is 19.6 Å². The summed E-state index contributed by atoms with van der Waals surface area (Å²) in [7, 11) is 3.21. The number of amides is 1. The fraction of sp³-hybridized carbons (Fsp3) is 0.423. The monoisotopic (exact) mass is 606 g/mol. The highest BCUT2D eigenvalue weighted by Crippen LogP contribution is 2.36. The molecule has 5 rings (SSSR count). The van der Waals surface area contributed by atoms with Crippen molar-refractivity contribution >= 4 is 17.7 Å². The molecule has 0 aromatic carbocycles. The summed E-state index contributed by atoms with van der Waals surface area (Å²) in [5, 5.41) is 10.7. The molecule has 228 valence electrons. The van der Waals surface area contributed by atoms with Crippen LogP contribution in [0.5, 0.6) is 0 Å². The zero-order valence-electron chi connectivity index (χ0n) is 23.0. The number of anilines is 2. The number of aromatic nitrogens is 8. The zero-order chi connectivity index (χ0) is 30.7. The van der Waals surface area contributed by atoms with E-state index < -0.39 is 24.0 Å². The minimum absolute atomic E-state index is 0.0952. The minimum atomic E-state index is -4.82. The van der Waals surface area contributed by atoms with Crippen LogP contribution in [-0.4, -0.2) is 71.2 Å². The lowest BCUT2D eigenvalue weighted by Gasteiger charge is -2.36. The molecule has 0 aliphatic heterocycles. The zero-order valence-corrected chi connectivity index (χ0v) is 23.0. The van der Waals surface area contributed by atoms with Crippen molar-refractivity contribution in [2.45, 2.75) is 50.5 Å². The van der Waals surface area contributed by atoms with E-state index in [0.717, 1.165) is 17.8 Å². The first-order chi connectivity index (χ1) is 20.5. The fourth-order valence-electron chi connectivity index (χ4n) is 4.95. The molecule has 0 radical (unpaired) electrons. The molecule has 12 nitrogen and oxygen atoms in total. The molecule has 1 fully saturated rings. The van der Waals surface area contributed by atoms with E-state index in [4.69, 9.17) is 4.74 Å². The Kier molecular flexibility index (Phi) is 8.61. The Bertz CT molecular complexity index is 1550. The Morgan fingerprint density at radius 2 is 1.86 bits per heavy atom. The second-order valence-electron chi connectivity index (χ2n) is 9.92. The van der Waals surface area contributed by atoms with E-state index in [1.54, 1.807) is 35.2 Å². The number of nitrogens with zero attached hydrogens (tertiary/aromatic N) is 9. The highest BCUT2D eigenvalue weighted by Gasteiger charge is 2.37. The number of ether oxygens (including phenoxy) is 1. The number of rotatable bonds is 9. The molecule has 1 aliphatic rings. The summed E-state index contributed by atoms with van der Waals surface area (Å²) >= 11 is 0. The van der Waals surface area contributed by atoms with Crippen LogP contribution >= 0.6 is 0 Å². The predicted octanol–water partition coefficient (Wildman–Crippen LogP) is 4.35. The van der Waals surface area contributed by atoms with Crippen LogP contribution in [0.4, 0.5) is 33.7 Å². The molecule has 4 aromatic heterocycles. The highest BCUT2D eigenvalue weighted by atomic mass is 19.4. The number of methoxy groups -OCH3 is 1. The second kappa shape index (κ2) is 12.4. The molecule has 4 heterocycles. The standard InChI is InChI=1S/C26H27F5N10O2/c1-39-13-15(9-35-39)20-11-33-21(12-32-20)41(22(42)14-43-2)17-5-3-16(4-6-17)36-25-34-10-18(26(29,30)31)23(37-25)19-7-8-40(38-19)24(27)28/h7-13,16-17,24H,3-6,14H2,1-2H3,(H,34,36,37)/t16-,17-. The molecular weight excluding hydrogens is 579 g/mol. The summed E-state index contributed by atoms with van der Waals surface area (Å²) in [4.78, 5) is 31.4. The number of halogens is 5. The van der Waals surface area contributed by atoms with Gasteiger partial charge in [0, 0.05) is 50.4 Å². The lowest BCUT2D eigenvalue weighted by Crippen LogP contribution is -2.46. The number of hydrogen-bond donors (Lipinski definition) is 1. The Labute approximate surface area is 241 Å². The fourth-order valence-corrected chi connectivity index (χ4v) is 4.95. The molecule has 0 unspecified atom stereocenters. The quantitative estimate of drug-likeness (QED) is 0.277. The summed E-state index contributed by atoms with van der Waals surface area (Å²) in [6, 6.07) is 0.579. The summed E-state index contributed by atoms with van der Waals surface area (Å²) in [5.41, 5.74) is -0.781. The van der Waals surface area contributed by atoms with Gasteiger partial charge in [0.15, 0.2) is 5.82 Å². The molecule has 17 heteroatoms. The number of carbonyl (C=O) groups excluding carboxylic acids is 1. The van der Waals surface area contributed by atoms with Crippen molar-refractivity contribution in [1.82, 2.24) is 39.5 Å². The van der Waals surface area contributed by atoms with Crippen molar-refractivity contribution in [3.05, 3.63) is 48.8 Å². The Hall–Kier alpha value is -4.54. The van der Waals surface area contributed by atoms with Crippen LogP contribution in [0.15, 0.2) is 43.2 Å². The summed E-state index contributed by atoms with van der Waals surface area (Å²) in [6.07, 6.45) is 5.33. The SMILES string of the molecule is COCC(=O)N(c1cnc(-c2cnn(C)c2)cn1)[C@H]1CC[C@H](Nc2ncc(C(F)(F)F)c(-c3ccn(C(F)F)n3)n2)CC1. The maximum Gasteiger partial charge on any atom is 0.420 e. The summed E-state index contributed by atoms with van der Waals surface area (Å²) in [5.74, 6) is -0.0199. The number of nitrogens with one attached hydrogen (secondary N) is 1. The van der Waals surface area contributed by atoms with E-state index in [1.807, 2.05) is 0 Å². The molecular formula is C26H27F5N10O2. The van der Waals surface area contributed by atoms with E-state index >= 15 is 0 Å². The van der Waals surface area contributed by atoms with Crippen LogP contribution in [0.25, 0.3) is 22.6 Å². The Morgan fingerprint density at radius 3 is 2.44 bits per heavy atom. The van der Waals surface area contributed by atoms with Crippen molar-refractivity contribution in [2.24, 2.45) is 7.05 Å². The lowest BCUT2D eigenvalue weighted by atomic mass is 9.90. The lowest BCUT2D eigenvalue weighted by molar-refractivity contribution is -0.137. The third-order valence-corrected chi connectivity index (χ3v) is 6.96. The molecule has 1 N–H and O–H groups in total. The molecule has 1 aliphatic carbocycles. The Balaban J connectivity index is 1.30. The van der Waals surface area contributed by atoms with E-state index in [0.29, 0.717) is 43.4 Å². The van der Waals surface area contributed by atoms with Gasteiger partial charge in [-0.15, -0.1) is 0 Å². The molecule has 0 spiro atoms. The van der Waals surface area contributed by atoms with Crippen molar-refractivity contribution in [3.63, 3.8) is 0 Å². The van der Waals surface area contributed by atoms with Crippen LogP contribution < -0.4 is 10.2 Å². The second-order valence-corrected chi connectivity index (χ2v) is 9.92. The van der Waals surface area contributed by atoms with Gasteiger partial charge < -0.3 is 10.1 Å². The van der Waals surface area contributed by atoms with Gasteiger partial charge in [0.25, 0.3) is 5.91 Å². The van der Waals surface area contributed by atoms with Gasteiger partial charge in [0.1, 0.15) is 23.6 Å². The first-order valence-corrected chi connectivity index (χ1v) is 13.2. The molecule has 43 heavy (non-hydrogen) atoms. The van der Waals surface area contributed by atoms with E-state index in [-0.39, 0.29) is 40.9 Å². The maximum absolute atomic E-state index is 13.6. The third kappa shape index (κ3) is 6.76. The van der Waals surface area contributed by atoms with Crippen LogP contribution in [0, 0.1) is 0 Å². The molecule has 1 amide bonds. The van der Waals surface area contributed by atoms with Crippen molar-refractivity contribution in [3.8, 4) is 22.6 Å². The van der Waals surface area contributed by atoms with Gasteiger partial charge in [0.05, 0.1) is 24.3 Å². The minimum Gasteiger partial charge on any atom is -0.375 e. The van der Waals surface area contributed by atoms with Gasteiger partial charge in [-0.2, -0.15) is 32.1 Å². The average molecular weight is 607 g/mol. The molecule has 1 saturated carbocycles. The molecule has 0 atom stereocenters. The van der Waals surface area contributed by atoms with Gasteiger partial charge >= 0.3 is 12.7 Å². The normalized spacial score (nSPS) is 17.3. The largest absolute Gasteiger partial charge is 0.420 e. The van der Waals surface area contributed by atoms with Gasteiger partial charge in [-0.1, -0.05) is 0 Å². The third-order valence-electron chi connectivity index (χ3n) is 6.96. The topological polar surface area (TPSA) is 129 Å². The first kappa shape index (κ1) is 29.9. The molecule has 0 bridgehead atoms. The highest BCUT2D eigenvalue weighted by molar-refractivity contribution is 5.94. The Morgan fingerprint density at radius 1 is 1.09 bits per heavy atom. The number of carbonyl (C=O) groups is 1. The number of aryl methyl sites for hydroxylation is 1. The predicted molar refractivity (Wildman–Crippen MR) is 143 cm³/mol. The van der Waals surface area contributed by atoms with Crippen LogP contribution in [0.2, 0.25) is 0 Å². The number of hydrogen-bond acceptors (Lipinski definition) is 9. The maximum atomic E-state index is 13.6. The van der Waals surface area contributed by atoms with Crippen molar-refractivity contribution < 1.29 is 31.5 Å². The van der Waals surface area contributed by atoms with Gasteiger partial charge in [-0.3, -0.25) is 19.4 Å². The van der Waals surface area contributed by atoms with E-state index in [1.165, 1.54) is 13.3 Å². The molecule has 0 saturated heterocycles. The van der Waals surface area contributed by atoms with Gasteiger partial charge in [0.2, 0.25) is 5.95 Å². The van der Waals surface area contributed by atoms with E-state index in [2.05, 4.69) is 35.5 Å². The first-order valence-electron chi connectivity index (χ1n) is 13.2. The van der Waals surface area contributed by atoms with Crippen LogP contribution in [0.1, 0.15) is 37.8 Å².